The molecule has 2 N–H and O–H groups in total. The lowest BCUT2D eigenvalue weighted by Crippen LogP contribution is -2.29. The Bertz CT molecular complexity index is 851. The van der Waals surface area contributed by atoms with E-state index in [1.165, 1.54) is 25.3 Å². The normalized spacial score (nSPS) is 12.4. The molecule has 26 heavy (non-hydrogen) atoms. The third kappa shape index (κ3) is 4.62. The zero-order valence-corrected chi connectivity index (χ0v) is 16.0. The average molecular weight is 376 g/mol. The maximum atomic E-state index is 12.8. The van der Waals surface area contributed by atoms with Crippen LogP contribution < -0.4 is 14.8 Å². The summed E-state index contributed by atoms with van der Waals surface area (Å²) in [5, 5.41) is 2.66. The molecule has 0 fully saturated rings. The molecule has 0 aliphatic heterocycles. The fourth-order valence-electron chi connectivity index (χ4n) is 2.62. The Morgan fingerprint density at radius 2 is 1.81 bits per heavy atom. The van der Waals surface area contributed by atoms with Gasteiger partial charge in [0.15, 0.2) is 0 Å². The monoisotopic (exact) mass is 376 g/mol. The van der Waals surface area contributed by atoms with Crippen LogP contribution in [-0.4, -0.2) is 28.0 Å². The number of hydrogen-bond acceptors (Lipinski definition) is 4. The van der Waals surface area contributed by atoms with E-state index in [-0.39, 0.29) is 22.4 Å². The summed E-state index contributed by atoms with van der Waals surface area (Å²) in [4.78, 5) is 12.2. The molecule has 0 bridgehead atoms. The number of ether oxygens (including phenoxy) is 1. The fourth-order valence-corrected chi connectivity index (χ4v) is 3.95. The van der Waals surface area contributed by atoms with Crippen molar-refractivity contribution in [3.8, 4) is 5.75 Å². The number of carbonyl (C=O) groups is 1. The molecule has 2 rings (SSSR count). The molecule has 2 aromatic rings. The Balaban J connectivity index is 2.36. The second-order valence-corrected chi connectivity index (χ2v) is 7.43. The maximum Gasteiger partial charge on any atom is 0.255 e. The molecule has 2 aromatic carbocycles. The van der Waals surface area contributed by atoms with E-state index in [0.29, 0.717) is 18.7 Å². The molecule has 0 radical (unpaired) electrons. The first-order valence-electron chi connectivity index (χ1n) is 8.46. The van der Waals surface area contributed by atoms with Crippen LogP contribution in [0.5, 0.6) is 5.75 Å². The fraction of sp³-hybridized carbons (Fsp3) is 0.316. The largest absolute Gasteiger partial charge is 0.496 e. The number of rotatable bonds is 8. The van der Waals surface area contributed by atoms with Gasteiger partial charge in [0.2, 0.25) is 10.0 Å². The predicted octanol–water partition coefficient (Wildman–Crippen LogP) is 2.87. The Morgan fingerprint density at radius 3 is 2.38 bits per heavy atom. The SMILES string of the molecule is CCNC(=O)c1cc(S(=O)(=O)N[C@@H](CC)c2ccccc2)ccc1OC. The van der Waals surface area contributed by atoms with Crippen molar-refractivity contribution in [2.75, 3.05) is 13.7 Å². The van der Waals surface area contributed by atoms with E-state index in [1.54, 1.807) is 6.92 Å². The topological polar surface area (TPSA) is 84.5 Å². The van der Waals surface area contributed by atoms with Crippen molar-refractivity contribution in [3.05, 3.63) is 59.7 Å². The highest BCUT2D eigenvalue weighted by atomic mass is 32.2. The van der Waals surface area contributed by atoms with Gasteiger partial charge in [-0.15, -0.1) is 0 Å². The lowest BCUT2D eigenvalue weighted by atomic mass is 10.1. The molecule has 0 aliphatic carbocycles. The zero-order chi connectivity index (χ0) is 19.2. The minimum Gasteiger partial charge on any atom is -0.496 e. The summed E-state index contributed by atoms with van der Waals surface area (Å²) in [5.74, 6) is -0.0542. The summed E-state index contributed by atoms with van der Waals surface area (Å²) in [7, 11) is -2.36. The van der Waals surface area contributed by atoms with Crippen LogP contribution in [0.4, 0.5) is 0 Å². The van der Waals surface area contributed by atoms with Gasteiger partial charge >= 0.3 is 0 Å². The molecule has 7 heteroatoms. The smallest absolute Gasteiger partial charge is 0.255 e. The molecule has 1 amide bonds. The summed E-state index contributed by atoms with van der Waals surface area (Å²) in [6, 6.07) is 13.3. The van der Waals surface area contributed by atoms with Crippen LogP contribution in [0.25, 0.3) is 0 Å². The number of amides is 1. The van der Waals surface area contributed by atoms with Gasteiger partial charge in [-0.2, -0.15) is 0 Å². The highest BCUT2D eigenvalue weighted by Gasteiger charge is 2.23. The van der Waals surface area contributed by atoms with E-state index in [2.05, 4.69) is 10.0 Å². The van der Waals surface area contributed by atoms with Crippen LogP contribution in [0, 0.1) is 0 Å². The molecule has 140 valence electrons. The molecule has 0 saturated carbocycles. The molecule has 0 unspecified atom stereocenters. The maximum absolute atomic E-state index is 12.8. The van der Waals surface area contributed by atoms with Gasteiger partial charge in [-0.1, -0.05) is 37.3 Å². The summed E-state index contributed by atoms with van der Waals surface area (Å²) in [6.45, 7) is 4.13. The standard InChI is InChI=1S/C19H24N2O4S/c1-4-17(14-9-7-6-8-10-14)21-26(23,24)15-11-12-18(25-3)16(13-15)19(22)20-5-2/h6-13,17,21H,4-5H2,1-3H3,(H,20,22)/t17-/m0/s1. The second-order valence-electron chi connectivity index (χ2n) is 5.71. The van der Waals surface area contributed by atoms with Crippen LogP contribution in [0.1, 0.15) is 42.2 Å². The average Bonchev–Trinajstić information content (AvgIpc) is 2.66. The zero-order valence-electron chi connectivity index (χ0n) is 15.2. The van der Waals surface area contributed by atoms with Crippen molar-refractivity contribution in [2.45, 2.75) is 31.2 Å². The minimum absolute atomic E-state index is 0.0222. The molecule has 0 aromatic heterocycles. The molecule has 1 atom stereocenters. The van der Waals surface area contributed by atoms with Gasteiger partial charge in [0.05, 0.1) is 17.6 Å². The Morgan fingerprint density at radius 1 is 1.12 bits per heavy atom. The Labute approximate surface area is 154 Å². The quantitative estimate of drug-likeness (QED) is 0.742. The van der Waals surface area contributed by atoms with Gasteiger partial charge in [0.1, 0.15) is 5.75 Å². The lowest BCUT2D eigenvalue weighted by molar-refractivity contribution is 0.0952. The Kier molecular flexibility index (Phi) is 6.76. The molecule has 0 aliphatic rings. The third-order valence-electron chi connectivity index (χ3n) is 3.97. The molecular formula is C19H24N2O4S. The summed E-state index contributed by atoms with van der Waals surface area (Å²) in [6.07, 6.45) is 0.600. The van der Waals surface area contributed by atoms with Crippen molar-refractivity contribution in [1.29, 1.82) is 0 Å². The second kappa shape index (κ2) is 8.82. The molecule has 6 nitrogen and oxygen atoms in total. The summed E-state index contributed by atoms with van der Waals surface area (Å²) >= 11 is 0. The van der Waals surface area contributed by atoms with Gasteiger partial charge in [0.25, 0.3) is 5.91 Å². The van der Waals surface area contributed by atoms with Gasteiger partial charge in [-0.05, 0) is 37.1 Å². The number of hydrogen-bond donors (Lipinski definition) is 2. The van der Waals surface area contributed by atoms with Crippen molar-refractivity contribution >= 4 is 15.9 Å². The molecular weight excluding hydrogens is 352 g/mol. The van der Waals surface area contributed by atoms with Crippen molar-refractivity contribution in [3.63, 3.8) is 0 Å². The van der Waals surface area contributed by atoms with Gasteiger partial charge in [0, 0.05) is 12.6 Å². The van der Waals surface area contributed by atoms with E-state index < -0.39 is 10.0 Å². The summed E-state index contributed by atoms with van der Waals surface area (Å²) in [5.41, 5.74) is 1.07. The van der Waals surface area contributed by atoms with Crippen molar-refractivity contribution < 1.29 is 17.9 Å². The highest BCUT2D eigenvalue weighted by molar-refractivity contribution is 7.89. The van der Waals surface area contributed by atoms with Gasteiger partial charge < -0.3 is 10.1 Å². The summed E-state index contributed by atoms with van der Waals surface area (Å²) < 4.78 is 33.5. The molecule has 0 spiro atoms. The van der Waals surface area contributed by atoms with Crippen LogP contribution in [0.3, 0.4) is 0 Å². The van der Waals surface area contributed by atoms with E-state index in [9.17, 15) is 13.2 Å². The van der Waals surface area contributed by atoms with Crippen LogP contribution in [-0.2, 0) is 10.0 Å². The number of benzene rings is 2. The van der Waals surface area contributed by atoms with Crippen LogP contribution >= 0.6 is 0 Å². The van der Waals surface area contributed by atoms with E-state index in [1.807, 2.05) is 37.3 Å². The Hall–Kier alpha value is -2.38. The lowest BCUT2D eigenvalue weighted by Gasteiger charge is -2.18. The first-order chi connectivity index (χ1) is 12.4. The number of nitrogens with one attached hydrogen (secondary N) is 2. The van der Waals surface area contributed by atoms with Gasteiger partial charge in [-0.25, -0.2) is 13.1 Å². The predicted molar refractivity (Wildman–Crippen MR) is 101 cm³/mol. The van der Waals surface area contributed by atoms with E-state index in [0.717, 1.165) is 5.56 Å². The number of methoxy groups -OCH3 is 1. The van der Waals surface area contributed by atoms with Crippen molar-refractivity contribution in [1.82, 2.24) is 10.0 Å². The molecule has 0 saturated heterocycles. The highest BCUT2D eigenvalue weighted by Crippen LogP contribution is 2.25. The molecule has 0 heterocycles. The number of carbonyl (C=O) groups excluding carboxylic acids is 1. The van der Waals surface area contributed by atoms with Crippen LogP contribution in [0.15, 0.2) is 53.4 Å². The number of sulfonamides is 1. The first-order valence-corrected chi connectivity index (χ1v) is 9.94. The first kappa shape index (κ1) is 19.9. The van der Waals surface area contributed by atoms with Gasteiger partial charge in [-0.3, -0.25) is 4.79 Å². The minimum atomic E-state index is -3.80. The van der Waals surface area contributed by atoms with E-state index >= 15 is 0 Å². The van der Waals surface area contributed by atoms with Crippen molar-refractivity contribution in [2.24, 2.45) is 0 Å². The van der Waals surface area contributed by atoms with Crippen LogP contribution in [0.2, 0.25) is 0 Å². The van der Waals surface area contributed by atoms with E-state index in [4.69, 9.17) is 4.74 Å². The third-order valence-corrected chi connectivity index (χ3v) is 5.44.